The summed E-state index contributed by atoms with van der Waals surface area (Å²) >= 11 is 1.66. The number of nitrogens with zero attached hydrogens (tertiary/aromatic N) is 2. The van der Waals surface area contributed by atoms with Crippen molar-refractivity contribution in [2.75, 3.05) is 5.32 Å². The number of hydrogen-bond acceptors (Lipinski definition) is 5. The topological polar surface area (TPSA) is 75.1 Å². The van der Waals surface area contributed by atoms with Gasteiger partial charge in [0.15, 0.2) is 5.13 Å². The van der Waals surface area contributed by atoms with Gasteiger partial charge in [0, 0.05) is 4.88 Å². The third kappa shape index (κ3) is 2.06. The Kier molecular flexibility index (Phi) is 2.71. The van der Waals surface area contributed by atoms with Crippen LogP contribution in [0.5, 0.6) is 0 Å². The molecule has 0 saturated carbocycles. The van der Waals surface area contributed by atoms with Gasteiger partial charge in [0.25, 0.3) is 0 Å². The fraction of sp³-hybridized carbons (Fsp3) is 0.250. The number of thiazole rings is 1. The molecule has 0 spiro atoms. The first kappa shape index (κ1) is 11.2. The van der Waals surface area contributed by atoms with E-state index in [9.17, 15) is 4.79 Å². The Morgan fingerprint density at radius 2 is 2.28 bits per heavy atom. The van der Waals surface area contributed by atoms with Gasteiger partial charge in [-0.15, -0.1) is 11.3 Å². The molecule has 0 atom stereocenters. The lowest BCUT2D eigenvalue weighted by Crippen LogP contribution is -2.00. The maximum atomic E-state index is 10.7. The predicted octanol–water partition coefficient (Wildman–Crippen LogP) is 2.47. The first-order valence-corrected chi connectivity index (χ1v) is 6.49. The molecule has 0 fully saturated rings. The van der Waals surface area contributed by atoms with Crippen molar-refractivity contribution in [1.82, 2.24) is 9.97 Å². The highest BCUT2D eigenvalue weighted by molar-refractivity contribution is 7.15. The van der Waals surface area contributed by atoms with Gasteiger partial charge in [-0.05, 0) is 31.4 Å². The van der Waals surface area contributed by atoms with E-state index in [0.717, 1.165) is 23.7 Å². The molecule has 18 heavy (non-hydrogen) atoms. The second kappa shape index (κ2) is 4.38. The minimum atomic E-state index is -1.02. The third-order valence-electron chi connectivity index (χ3n) is 2.83. The molecule has 0 aromatic carbocycles. The number of carboxylic acids is 1. The van der Waals surface area contributed by atoms with Gasteiger partial charge < -0.3 is 10.4 Å². The molecule has 2 aromatic heterocycles. The van der Waals surface area contributed by atoms with E-state index in [4.69, 9.17) is 5.11 Å². The summed E-state index contributed by atoms with van der Waals surface area (Å²) in [7, 11) is 0. The molecule has 0 unspecified atom stereocenters. The van der Waals surface area contributed by atoms with Crippen molar-refractivity contribution in [3.63, 3.8) is 0 Å². The molecule has 2 N–H and O–H groups in total. The summed E-state index contributed by atoms with van der Waals surface area (Å²) in [6, 6.07) is 3.18. The van der Waals surface area contributed by atoms with Gasteiger partial charge in [0.05, 0.1) is 17.6 Å². The number of carbonyl (C=O) groups is 1. The minimum absolute atomic E-state index is 0.0437. The van der Waals surface area contributed by atoms with Crippen LogP contribution >= 0.6 is 11.3 Å². The van der Waals surface area contributed by atoms with Gasteiger partial charge in [-0.25, -0.2) is 14.8 Å². The summed E-state index contributed by atoms with van der Waals surface area (Å²) in [4.78, 5) is 20.4. The molecule has 0 amide bonds. The molecular weight excluding hydrogens is 250 g/mol. The van der Waals surface area contributed by atoms with E-state index in [0.29, 0.717) is 0 Å². The van der Waals surface area contributed by atoms with Crippen LogP contribution in [-0.2, 0) is 12.8 Å². The zero-order chi connectivity index (χ0) is 12.5. The van der Waals surface area contributed by atoms with E-state index in [2.05, 4.69) is 15.3 Å². The third-order valence-corrected chi connectivity index (χ3v) is 3.90. The average molecular weight is 261 g/mol. The standard InChI is InChI=1S/C12H11N3O2S/c16-11(17)9-5-4-7(6-13-9)14-12-15-8-2-1-3-10(8)18-12/h4-6H,1-3H2,(H,14,15)(H,16,17). The first-order valence-electron chi connectivity index (χ1n) is 5.67. The van der Waals surface area contributed by atoms with Crippen LogP contribution in [0.2, 0.25) is 0 Å². The monoisotopic (exact) mass is 261 g/mol. The van der Waals surface area contributed by atoms with E-state index in [1.54, 1.807) is 17.4 Å². The largest absolute Gasteiger partial charge is 0.477 e. The summed E-state index contributed by atoms with van der Waals surface area (Å²) in [6.45, 7) is 0. The average Bonchev–Trinajstić information content (AvgIpc) is 2.90. The minimum Gasteiger partial charge on any atom is -0.477 e. The number of hydrogen-bond donors (Lipinski definition) is 2. The lowest BCUT2D eigenvalue weighted by molar-refractivity contribution is 0.0690. The van der Waals surface area contributed by atoms with Gasteiger partial charge in [0.2, 0.25) is 0 Å². The molecule has 2 aromatic rings. The Morgan fingerprint density at radius 3 is 2.94 bits per heavy atom. The Labute approximate surface area is 108 Å². The number of aromatic carboxylic acids is 1. The molecule has 0 aliphatic heterocycles. The van der Waals surface area contributed by atoms with Gasteiger partial charge in [-0.3, -0.25) is 0 Å². The number of pyridine rings is 1. The van der Waals surface area contributed by atoms with Crippen molar-refractivity contribution in [3.8, 4) is 0 Å². The number of rotatable bonds is 3. The molecule has 0 bridgehead atoms. The number of nitrogens with one attached hydrogen (secondary N) is 1. The summed E-state index contributed by atoms with van der Waals surface area (Å²) in [6.07, 6.45) is 4.88. The molecule has 0 saturated heterocycles. The second-order valence-electron chi connectivity index (χ2n) is 4.10. The fourth-order valence-electron chi connectivity index (χ4n) is 1.96. The highest BCUT2D eigenvalue weighted by atomic mass is 32.1. The van der Waals surface area contributed by atoms with Crippen LogP contribution < -0.4 is 5.32 Å². The molecule has 1 aliphatic rings. The molecule has 5 nitrogen and oxygen atoms in total. The van der Waals surface area contributed by atoms with Gasteiger partial charge in [-0.2, -0.15) is 0 Å². The maximum Gasteiger partial charge on any atom is 0.354 e. The Bertz CT molecular complexity index is 570. The van der Waals surface area contributed by atoms with E-state index >= 15 is 0 Å². The highest BCUT2D eigenvalue weighted by Gasteiger charge is 2.16. The fourth-order valence-corrected chi connectivity index (χ4v) is 3.03. The lowest BCUT2D eigenvalue weighted by Gasteiger charge is -2.02. The Hall–Kier alpha value is -1.95. The number of anilines is 2. The van der Waals surface area contributed by atoms with Gasteiger partial charge >= 0.3 is 5.97 Å². The summed E-state index contributed by atoms with van der Waals surface area (Å²) in [5.74, 6) is -1.02. The SMILES string of the molecule is O=C(O)c1ccc(Nc2nc3c(s2)CCC3)cn1. The van der Waals surface area contributed by atoms with Crippen molar-refractivity contribution in [3.05, 3.63) is 34.6 Å². The number of aromatic nitrogens is 2. The van der Waals surface area contributed by atoms with Crippen LogP contribution in [0.1, 0.15) is 27.5 Å². The first-order chi connectivity index (χ1) is 8.72. The molecule has 1 aliphatic carbocycles. The van der Waals surface area contributed by atoms with Crippen molar-refractivity contribution < 1.29 is 9.90 Å². The van der Waals surface area contributed by atoms with Gasteiger partial charge in [-0.1, -0.05) is 0 Å². The van der Waals surface area contributed by atoms with E-state index < -0.39 is 5.97 Å². The van der Waals surface area contributed by atoms with Crippen LogP contribution in [0.4, 0.5) is 10.8 Å². The van der Waals surface area contributed by atoms with Crippen LogP contribution in [0.3, 0.4) is 0 Å². The quantitative estimate of drug-likeness (QED) is 0.887. The number of aryl methyl sites for hydroxylation is 2. The van der Waals surface area contributed by atoms with Crippen LogP contribution in [0, 0.1) is 0 Å². The molecule has 6 heteroatoms. The molecule has 2 heterocycles. The second-order valence-corrected chi connectivity index (χ2v) is 5.19. The van der Waals surface area contributed by atoms with Crippen molar-refractivity contribution in [2.45, 2.75) is 19.3 Å². The molecule has 0 radical (unpaired) electrons. The lowest BCUT2D eigenvalue weighted by atomic mass is 10.3. The van der Waals surface area contributed by atoms with E-state index in [1.807, 2.05) is 0 Å². The smallest absolute Gasteiger partial charge is 0.354 e. The Balaban J connectivity index is 1.77. The zero-order valence-electron chi connectivity index (χ0n) is 9.51. The summed E-state index contributed by atoms with van der Waals surface area (Å²) < 4.78 is 0. The van der Waals surface area contributed by atoms with Crippen LogP contribution in [0.15, 0.2) is 18.3 Å². The maximum absolute atomic E-state index is 10.7. The van der Waals surface area contributed by atoms with Gasteiger partial charge in [0.1, 0.15) is 5.69 Å². The van der Waals surface area contributed by atoms with E-state index in [-0.39, 0.29) is 5.69 Å². The van der Waals surface area contributed by atoms with Crippen molar-refractivity contribution in [2.24, 2.45) is 0 Å². The normalized spacial score (nSPS) is 13.3. The molecular formula is C12H11N3O2S. The number of carboxylic acid groups (broad SMARTS) is 1. The van der Waals surface area contributed by atoms with Crippen molar-refractivity contribution >= 4 is 28.1 Å². The van der Waals surface area contributed by atoms with E-state index in [1.165, 1.54) is 29.3 Å². The summed E-state index contributed by atoms with van der Waals surface area (Å²) in [5.41, 5.74) is 1.99. The zero-order valence-corrected chi connectivity index (χ0v) is 10.3. The Morgan fingerprint density at radius 1 is 1.39 bits per heavy atom. The van der Waals surface area contributed by atoms with Crippen LogP contribution in [0.25, 0.3) is 0 Å². The number of fused-ring (bicyclic) bond motifs is 1. The molecule has 3 rings (SSSR count). The van der Waals surface area contributed by atoms with Crippen LogP contribution in [-0.4, -0.2) is 21.0 Å². The highest BCUT2D eigenvalue weighted by Crippen LogP contribution is 2.31. The summed E-state index contributed by atoms with van der Waals surface area (Å²) in [5, 5.41) is 12.8. The molecule has 92 valence electrons. The van der Waals surface area contributed by atoms with Crippen molar-refractivity contribution in [1.29, 1.82) is 0 Å². The predicted molar refractivity (Wildman–Crippen MR) is 68.6 cm³/mol.